The zero-order valence-electron chi connectivity index (χ0n) is 12.2. The zero-order chi connectivity index (χ0) is 14.7. The van der Waals surface area contributed by atoms with Gasteiger partial charge >= 0.3 is 0 Å². The summed E-state index contributed by atoms with van der Waals surface area (Å²) >= 11 is 0. The molecule has 1 aliphatic rings. The van der Waals surface area contributed by atoms with Crippen LogP contribution in [0.3, 0.4) is 0 Å². The minimum atomic E-state index is -0.384. The van der Waals surface area contributed by atoms with Gasteiger partial charge in [-0.05, 0) is 19.3 Å². The number of nitrogens with one attached hydrogen (secondary N) is 1. The lowest BCUT2D eigenvalue weighted by Gasteiger charge is -2.25. The summed E-state index contributed by atoms with van der Waals surface area (Å²) in [6, 6.07) is -0.384. The van der Waals surface area contributed by atoms with Crippen LogP contribution < -0.4 is 0 Å². The smallest absolute Gasteiger partial charge is 0.294 e. The van der Waals surface area contributed by atoms with E-state index >= 15 is 0 Å². The Balaban J connectivity index is 2.12. The van der Waals surface area contributed by atoms with Gasteiger partial charge in [-0.3, -0.25) is 14.7 Å². The summed E-state index contributed by atoms with van der Waals surface area (Å²) in [5.41, 5.74) is 0. The Morgan fingerprint density at radius 3 is 2.85 bits per heavy atom. The maximum Gasteiger partial charge on any atom is 0.294 e. The monoisotopic (exact) mass is 279 g/mol. The van der Waals surface area contributed by atoms with E-state index in [-0.39, 0.29) is 23.7 Å². The van der Waals surface area contributed by atoms with Crippen LogP contribution in [0.5, 0.6) is 0 Å². The molecule has 0 aliphatic carbocycles. The van der Waals surface area contributed by atoms with E-state index in [1.807, 2.05) is 6.92 Å². The molecule has 20 heavy (non-hydrogen) atoms. The summed E-state index contributed by atoms with van der Waals surface area (Å²) in [5.74, 6) is 0.568. The summed E-state index contributed by atoms with van der Waals surface area (Å²) in [6.07, 6.45) is 3.24. The van der Waals surface area contributed by atoms with E-state index in [2.05, 4.69) is 15.2 Å². The summed E-state index contributed by atoms with van der Waals surface area (Å²) < 4.78 is 0. The molecule has 1 fully saturated rings. The van der Waals surface area contributed by atoms with Crippen LogP contribution in [0.2, 0.25) is 0 Å². The van der Waals surface area contributed by atoms with Crippen LogP contribution in [0.25, 0.3) is 0 Å². The highest BCUT2D eigenvalue weighted by Gasteiger charge is 2.36. The Morgan fingerprint density at radius 1 is 1.45 bits per heavy atom. The van der Waals surface area contributed by atoms with Crippen LogP contribution in [-0.4, -0.2) is 63.5 Å². The Hall–Kier alpha value is -1.92. The number of likely N-dealkylation sites (N-methyl/N-ethyl adjacent to an activating group) is 1. The third-order valence-corrected chi connectivity index (χ3v) is 3.45. The normalized spacial score (nSPS) is 18.4. The first-order valence-corrected chi connectivity index (χ1v) is 6.98. The largest absolute Gasteiger partial charge is 0.347 e. The van der Waals surface area contributed by atoms with Crippen molar-refractivity contribution in [3.8, 4) is 0 Å². The van der Waals surface area contributed by atoms with E-state index in [4.69, 9.17) is 0 Å². The van der Waals surface area contributed by atoms with Crippen molar-refractivity contribution < 1.29 is 9.59 Å². The summed E-state index contributed by atoms with van der Waals surface area (Å²) in [6.45, 7) is 2.62. The van der Waals surface area contributed by atoms with Crippen molar-refractivity contribution in [1.82, 2.24) is 25.0 Å². The van der Waals surface area contributed by atoms with Gasteiger partial charge in [0.25, 0.3) is 5.91 Å². The number of amides is 2. The highest BCUT2D eigenvalue weighted by molar-refractivity contribution is 5.95. The number of aromatic amines is 1. The number of aryl methyl sites for hydroxylation is 1. The molecule has 1 aromatic rings. The molecule has 7 heteroatoms. The van der Waals surface area contributed by atoms with Gasteiger partial charge in [-0.15, -0.1) is 5.10 Å². The van der Waals surface area contributed by atoms with Crippen molar-refractivity contribution in [3.63, 3.8) is 0 Å². The SMILES string of the molecule is CCCc1nc(C(=O)N2CCCC2C(=O)N(C)C)n[nH]1. The maximum atomic E-state index is 12.4. The molecule has 1 unspecified atom stereocenters. The van der Waals surface area contributed by atoms with Crippen molar-refractivity contribution >= 4 is 11.8 Å². The van der Waals surface area contributed by atoms with Crippen LogP contribution in [0.15, 0.2) is 0 Å². The number of aromatic nitrogens is 3. The average molecular weight is 279 g/mol. The van der Waals surface area contributed by atoms with Crippen molar-refractivity contribution in [2.24, 2.45) is 0 Å². The molecule has 0 bridgehead atoms. The molecular formula is C13H21N5O2. The zero-order valence-corrected chi connectivity index (χ0v) is 12.2. The summed E-state index contributed by atoms with van der Waals surface area (Å²) in [5, 5.41) is 6.74. The predicted molar refractivity (Wildman–Crippen MR) is 73.1 cm³/mol. The van der Waals surface area contributed by atoms with E-state index < -0.39 is 0 Å². The van der Waals surface area contributed by atoms with E-state index in [0.29, 0.717) is 18.8 Å². The van der Waals surface area contributed by atoms with Crippen LogP contribution in [0.4, 0.5) is 0 Å². The van der Waals surface area contributed by atoms with Gasteiger partial charge in [-0.2, -0.15) is 0 Å². The number of hydrogen-bond donors (Lipinski definition) is 1. The quantitative estimate of drug-likeness (QED) is 0.867. The molecule has 1 saturated heterocycles. The number of carbonyl (C=O) groups excluding carboxylic acids is 2. The van der Waals surface area contributed by atoms with Gasteiger partial charge in [0.05, 0.1) is 0 Å². The second-order valence-electron chi connectivity index (χ2n) is 5.24. The minimum Gasteiger partial charge on any atom is -0.347 e. The number of hydrogen-bond acceptors (Lipinski definition) is 4. The molecule has 110 valence electrons. The van der Waals surface area contributed by atoms with E-state index in [0.717, 1.165) is 19.3 Å². The average Bonchev–Trinajstić information content (AvgIpc) is 3.06. The first-order chi connectivity index (χ1) is 9.54. The summed E-state index contributed by atoms with van der Waals surface area (Å²) in [7, 11) is 3.41. The molecule has 0 radical (unpaired) electrons. The standard InChI is InChI=1S/C13H21N5O2/c1-4-6-10-14-11(16-15-10)13(20)18-8-5-7-9(18)12(19)17(2)3/h9H,4-8H2,1-3H3,(H,14,15,16). The molecule has 1 N–H and O–H groups in total. The fraction of sp³-hybridized carbons (Fsp3) is 0.692. The molecule has 1 aromatic heterocycles. The van der Waals surface area contributed by atoms with E-state index in [9.17, 15) is 9.59 Å². The Bertz CT molecular complexity index is 497. The molecule has 7 nitrogen and oxygen atoms in total. The van der Waals surface area contributed by atoms with Gasteiger partial charge in [-0.1, -0.05) is 6.92 Å². The fourth-order valence-electron chi connectivity index (χ4n) is 2.43. The number of H-pyrrole nitrogens is 1. The molecule has 2 heterocycles. The van der Waals surface area contributed by atoms with E-state index in [1.165, 1.54) is 4.90 Å². The lowest BCUT2D eigenvalue weighted by molar-refractivity contribution is -0.132. The predicted octanol–water partition coefficient (Wildman–Crippen LogP) is 0.450. The number of likely N-dealkylation sites (tertiary alicyclic amines) is 1. The van der Waals surface area contributed by atoms with Gasteiger partial charge in [0.2, 0.25) is 11.7 Å². The van der Waals surface area contributed by atoms with Crippen molar-refractivity contribution in [3.05, 3.63) is 11.6 Å². The van der Waals surface area contributed by atoms with Crippen LogP contribution in [0, 0.1) is 0 Å². The molecule has 1 atom stereocenters. The third kappa shape index (κ3) is 2.81. The third-order valence-electron chi connectivity index (χ3n) is 3.45. The molecule has 2 amide bonds. The Labute approximate surface area is 118 Å². The van der Waals surface area contributed by atoms with Gasteiger partial charge in [0, 0.05) is 27.1 Å². The molecule has 2 rings (SSSR count). The van der Waals surface area contributed by atoms with Gasteiger partial charge < -0.3 is 9.80 Å². The first kappa shape index (κ1) is 14.5. The van der Waals surface area contributed by atoms with Crippen molar-refractivity contribution in [2.45, 2.75) is 38.6 Å². The lowest BCUT2D eigenvalue weighted by atomic mass is 10.2. The van der Waals surface area contributed by atoms with Crippen LogP contribution in [0.1, 0.15) is 42.6 Å². The molecule has 0 spiro atoms. The fourth-order valence-corrected chi connectivity index (χ4v) is 2.43. The van der Waals surface area contributed by atoms with Gasteiger partial charge in [0.15, 0.2) is 0 Å². The van der Waals surface area contributed by atoms with Crippen molar-refractivity contribution in [1.29, 1.82) is 0 Å². The van der Waals surface area contributed by atoms with Gasteiger partial charge in [0.1, 0.15) is 11.9 Å². The topological polar surface area (TPSA) is 82.2 Å². The van der Waals surface area contributed by atoms with E-state index in [1.54, 1.807) is 19.0 Å². The van der Waals surface area contributed by atoms with Crippen LogP contribution in [-0.2, 0) is 11.2 Å². The van der Waals surface area contributed by atoms with Gasteiger partial charge in [-0.25, -0.2) is 4.98 Å². The summed E-state index contributed by atoms with van der Waals surface area (Å²) in [4.78, 5) is 31.8. The number of carbonyl (C=O) groups is 2. The highest BCUT2D eigenvalue weighted by atomic mass is 16.2. The molecular weight excluding hydrogens is 258 g/mol. The number of rotatable bonds is 4. The molecule has 1 aliphatic heterocycles. The molecule has 0 saturated carbocycles. The second-order valence-corrected chi connectivity index (χ2v) is 5.24. The highest BCUT2D eigenvalue weighted by Crippen LogP contribution is 2.20. The molecule has 0 aromatic carbocycles. The van der Waals surface area contributed by atoms with Crippen LogP contribution >= 0.6 is 0 Å². The lowest BCUT2D eigenvalue weighted by Crippen LogP contribution is -2.45. The van der Waals surface area contributed by atoms with Crippen molar-refractivity contribution in [2.75, 3.05) is 20.6 Å². The minimum absolute atomic E-state index is 0.0415. The number of nitrogens with zero attached hydrogens (tertiary/aromatic N) is 4. The maximum absolute atomic E-state index is 12.4. The first-order valence-electron chi connectivity index (χ1n) is 6.98. The Kier molecular flexibility index (Phi) is 4.36. The second kappa shape index (κ2) is 6.02. The Morgan fingerprint density at radius 2 is 2.20 bits per heavy atom.